The van der Waals surface area contributed by atoms with E-state index < -0.39 is 24.1 Å². The van der Waals surface area contributed by atoms with Crippen LogP contribution in [0.15, 0.2) is 0 Å². The van der Waals surface area contributed by atoms with Crippen molar-refractivity contribution in [2.45, 2.75) is 250 Å². The molecule has 0 bridgehead atoms. The zero-order valence-electron chi connectivity index (χ0n) is 47.4. The minimum absolute atomic E-state index is 0.0431. The smallest absolute Gasteiger partial charge is 0.306 e. The molecule has 4 aliphatic carbocycles. The Hall–Kier alpha value is -3.40. The fourth-order valence-electron chi connectivity index (χ4n) is 11.6. The number of carbonyl (C=O) groups excluding carboxylic acids is 7. The molecule has 0 atom stereocenters. The maximum absolute atomic E-state index is 13.6. The van der Waals surface area contributed by atoms with Gasteiger partial charge in [0.1, 0.15) is 26.4 Å². The second-order valence-corrected chi connectivity index (χ2v) is 24.1. The lowest BCUT2D eigenvalue weighted by molar-refractivity contribution is -0.167. The van der Waals surface area contributed by atoms with E-state index in [1.54, 1.807) is 4.90 Å². The Bertz CT molecular complexity index is 1460. The molecule has 16 heteroatoms. The summed E-state index contributed by atoms with van der Waals surface area (Å²) in [6, 6.07) is 0. The number of rotatable bonds is 38. The number of thioether (sulfide) groups is 1. The minimum Gasteiger partial charge on any atom is -0.462 e. The highest BCUT2D eigenvalue weighted by molar-refractivity contribution is 8.13. The van der Waals surface area contributed by atoms with Gasteiger partial charge >= 0.3 is 35.8 Å². The second-order valence-electron chi connectivity index (χ2n) is 23.0. The molecule has 0 aromatic heterocycles. The number of hydrogen-bond acceptors (Lipinski definition) is 15. The van der Waals surface area contributed by atoms with Crippen LogP contribution in [-0.2, 0) is 57.2 Å². The van der Waals surface area contributed by atoms with Crippen molar-refractivity contribution in [3.05, 3.63) is 0 Å². The molecule has 0 N–H and O–H groups in total. The Morgan fingerprint density at radius 2 is 0.671 bits per heavy atom. The summed E-state index contributed by atoms with van der Waals surface area (Å²) in [5, 5.41) is -0.173. The molecule has 15 nitrogen and oxygen atoms in total. The van der Waals surface area contributed by atoms with E-state index in [9.17, 15) is 33.6 Å². The van der Waals surface area contributed by atoms with Gasteiger partial charge in [-0.05, 0) is 115 Å². The molecule has 0 saturated heterocycles. The lowest BCUT2D eigenvalue weighted by Crippen LogP contribution is -2.33. The summed E-state index contributed by atoms with van der Waals surface area (Å²) in [6.45, 7) is 0.366. The molecule has 4 rings (SSSR count). The van der Waals surface area contributed by atoms with E-state index in [0.717, 1.165) is 64.3 Å². The molecule has 76 heavy (non-hydrogen) atoms. The molecule has 0 heterocycles. The topological polar surface area (TPSA) is 181 Å². The molecule has 436 valence electrons. The van der Waals surface area contributed by atoms with Gasteiger partial charge in [-0.3, -0.25) is 33.6 Å². The van der Waals surface area contributed by atoms with Gasteiger partial charge in [-0.25, -0.2) is 0 Å². The van der Waals surface area contributed by atoms with E-state index in [-0.39, 0.29) is 120 Å². The van der Waals surface area contributed by atoms with Crippen LogP contribution in [0.25, 0.3) is 0 Å². The van der Waals surface area contributed by atoms with Crippen molar-refractivity contribution < 1.29 is 62.0 Å². The highest BCUT2D eigenvalue weighted by Gasteiger charge is 2.25. The van der Waals surface area contributed by atoms with Crippen molar-refractivity contribution in [1.29, 1.82) is 0 Å². The molecule has 0 radical (unpaired) electrons. The maximum atomic E-state index is 13.6. The number of amides is 1. The fraction of sp³-hybridized carbons (Fsp3) is 0.883. The van der Waals surface area contributed by atoms with Crippen molar-refractivity contribution in [3.8, 4) is 0 Å². The van der Waals surface area contributed by atoms with Gasteiger partial charge in [-0.15, -0.1) is 0 Å². The van der Waals surface area contributed by atoms with Gasteiger partial charge < -0.3 is 38.2 Å². The van der Waals surface area contributed by atoms with E-state index in [4.69, 9.17) is 28.4 Å². The van der Waals surface area contributed by atoms with Crippen LogP contribution in [0.4, 0.5) is 4.79 Å². The van der Waals surface area contributed by atoms with Gasteiger partial charge in [0.25, 0.3) is 5.24 Å². The van der Waals surface area contributed by atoms with E-state index >= 15 is 0 Å². The van der Waals surface area contributed by atoms with Gasteiger partial charge in [0.2, 0.25) is 0 Å². The van der Waals surface area contributed by atoms with Crippen LogP contribution in [0.5, 0.6) is 0 Å². The molecule has 1 amide bonds. The molecule has 0 spiro atoms. The summed E-state index contributed by atoms with van der Waals surface area (Å²) in [5.74, 6) is 0.583. The fourth-order valence-corrected chi connectivity index (χ4v) is 12.4. The summed E-state index contributed by atoms with van der Waals surface area (Å²) >= 11 is 1.19. The third-order valence-corrected chi connectivity index (χ3v) is 17.0. The van der Waals surface area contributed by atoms with Crippen molar-refractivity contribution in [2.75, 3.05) is 65.9 Å². The standard InChI is InChI=1S/C60H102N2O13S/c1-61(2)40-21-43-76-60(69)62(41-19-38-58(67)74-52(44-70-54(63)34-15-30-48-22-7-3-8-23-48)45-71-55(64)35-16-31-49-24-9-4-10-25-49)42-20-39-59(68)75-53(46-72-56(65)36-17-32-50-26-11-5-12-27-50)47-73-57(66)37-18-33-51-28-13-6-14-29-51/h48-53H,3-47H2,1-2H3. The molecular weight excluding hydrogens is 989 g/mol. The van der Waals surface area contributed by atoms with Crippen LogP contribution < -0.4 is 0 Å². The average molecular weight is 1090 g/mol. The zero-order chi connectivity index (χ0) is 54.4. The third kappa shape index (κ3) is 31.9. The normalized spacial score (nSPS) is 17.1. The molecule has 4 saturated carbocycles. The van der Waals surface area contributed by atoms with Gasteiger partial charge in [-0.1, -0.05) is 140 Å². The molecule has 0 unspecified atom stereocenters. The van der Waals surface area contributed by atoms with Crippen molar-refractivity contribution in [2.24, 2.45) is 23.7 Å². The number of ether oxygens (including phenoxy) is 6. The Morgan fingerprint density at radius 1 is 0.382 bits per heavy atom. The predicted octanol–water partition coefficient (Wildman–Crippen LogP) is 12.7. The van der Waals surface area contributed by atoms with Crippen molar-refractivity contribution >= 4 is 52.8 Å². The number of carbonyl (C=O) groups is 7. The first-order chi connectivity index (χ1) is 36.9. The first-order valence-corrected chi connectivity index (χ1v) is 31.5. The average Bonchev–Trinajstić information content (AvgIpc) is 3.42. The first kappa shape index (κ1) is 65.1. The molecular formula is C60H102N2O13S. The molecule has 0 aliphatic heterocycles. The first-order valence-electron chi connectivity index (χ1n) is 30.5. The number of hydrogen-bond donors (Lipinski definition) is 0. The second kappa shape index (κ2) is 40.7. The van der Waals surface area contributed by atoms with E-state index in [1.807, 2.05) is 14.1 Å². The lowest BCUT2D eigenvalue weighted by atomic mass is 9.86. The molecule has 0 aromatic carbocycles. The largest absolute Gasteiger partial charge is 0.462 e. The summed E-state index contributed by atoms with van der Waals surface area (Å²) in [4.78, 5) is 95.2. The summed E-state index contributed by atoms with van der Waals surface area (Å²) in [5.41, 5.74) is 0. The van der Waals surface area contributed by atoms with Crippen molar-refractivity contribution in [1.82, 2.24) is 9.80 Å². The molecule has 4 fully saturated rings. The minimum atomic E-state index is -0.971. The Labute approximate surface area is 462 Å². The highest BCUT2D eigenvalue weighted by atomic mass is 32.2. The molecule has 0 aromatic rings. The van der Waals surface area contributed by atoms with E-state index in [2.05, 4.69) is 4.90 Å². The van der Waals surface area contributed by atoms with Crippen molar-refractivity contribution in [3.63, 3.8) is 0 Å². The Morgan fingerprint density at radius 3 is 0.961 bits per heavy atom. The Kier molecular flexibility index (Phi) is 34.9. The van der Waals surface area contributed by atoms with Crippen LogP contribution >= 0.6 is 11.8 Å². The summed E-state index contributed by atoms with van der Waals surface area (Å²) in [6.07, 6.45) is 32.0. The van der Waals surface area contributed by atoms with Gasteiger partial charge in [0, 0.05) is 57.4 Å². The van der Waals surface area contributed by atoms with E-state index in [0.29, 0.717) is 29.4 Å². The van der Waals surface area contributed by atoms with Crippen LogP contribution in [0.2, 0.25) is 0 Å². The third-order valence-electron chi connectivity index (χ3n) is 16.0. The highest BCUT2D eigenvalue weighted by Crippen LogP contribution is 2.31. The van der Waals surface area contributed by atoms with Crippen LogP contribution in [0.3, 0.4) is 0 Å². The zero-order valence-corrected chi connectivity index (χ0v) is 48.2. The summed E-state index contributed by atoms with van der Waals surface area (Å²) in [7, 11) is 3.95. The van der Waals surface area contributed by atoms with Gasteiger partial charge in [0.05, 0.1) is 0 Å². The summed E-state index contributed by atoms with van der Waals surface area (Å²) < 4.78 is 33.9. The van der Waals surface area contributed by atoms with Crippen LogP contribution in [-0.4, -0.2) is 129 Å². The lowest BCUT2D eigenvalue weighted by Gasteiger charge is -2.23. The van der Waals surface area contributed by atoms with Gasteiger partial charge in [0.15, 0.2) is 12.2 Å². The SMILES string of the molecule is CN(C)CCCSC(=O)N(CCCC(=O)OC(COC(=O)CCCC1CCCCC1)COC(=O)CCCC1CCCCC1)CCCC(=O)OC(COC(=O)CCCC1CCCCC1)COC(=O)CCCC1CCCCC1. The van der Waals surface area contributed by atoms with Gasteiger partial charge in [-0.2, -0.15) is 0 Å². The Balaban J connectivity index is 1.27. The van der Waals surface area contributed by atoms with Crippen LogP contribution in [0.1, 0.15) is 238 Å². The van der Waals surface area contributed by atoms with Crippen LogP contribution in [0, 0.1) is 23.7 Å². The maximum Gasteiger partial charge on any atom is 0.306 e. The number of nitrogens with zero attached hydrogens (tertiary/aromatic N) is 2. The monoisotopic (exact) mass is 1090 g/mol. The predicted molar refractivity (Wildman–Crippen MR) is 296 cm³/mol. The quantitative estimate of drug-likeness (QED) is 0.0323. The number of esters is 6. The van der Waals surface area contributed by atoms with E-state index in [1.165, 1.54) is 140 Å². The molecule has 4 aliphatic rings.